The number of carbonyl (C=O) groups excluding carboxylic acids is 1. The van der Waals surface area contributed by atoms with E-state index in [1.165, 1.54) is 0 Å². The van der Waals surface area contributed by atoms with Gasteiger partial charge in [0, 0.05) is 16.7 Å². The van der Waals surface area contributed by atoms with Gasteiger partial charge in [-0.05, 0) is 25.3 Å². The van der Waals surface area contributed by atoms with Crippen molar-refractivity contribution in [2.24, 2.45) is 0 Å². The summed E-state index contributed by atoms with van der Waals surface area (Å²) in [5, 5.41) is 0. The first-order valence-corrected chi connectivity index (χ1v) is 5.16. The molecule has 0 spiro atoms. The van der Waals surface area contributed by atoms with E-state index in [1.807, 2.05) is 25.3 Å². The third-order valence-electron chi connectivity index (χ3n) is 1.66. The second kappa shape index (κ2) is 4.82. The van der Waals surface area contributed by atoms with Crippen molar-refractivity contribution < 1.29 is 4.79 Å². The molecular formula is C10H11NOS. The van der Waals surface area contributed by atoms with Crippen LogP contribution >= 0.6 is 11.8 Å². The topological polar surface area (TPSA) is 30.0 Å². The van der Waals surface area contributed by atoms with Gasteiger partial charge < -0.3 is 0 Å². The van der Waals surface area contributed by atoms with E-state index in [2.05, 4.69) is 4.98 Å². The predicted octanol–water partition coefficient (Wildman–Crippen LogP) is 2.62. The van der Waals surface area contributed by atoms with Gasteiger partial charge in [-0.1, -0.05) is 6.08 Å². The standard InChI is InChI=1S/C10H11NOS/c1-3-10(13-2)9-5-4-8(7-12)6-11-9/h3-7H,1-2H3. The third-order valence-corrected chi connectivity index (χ3v) is 2.54. The van der Waals surface area contributed by atoms with E-state index in [4.69, 9.17) is 0 Å². The van der Waals surface area contributed by atoms with Crippen molar-refractivity contribution in [1.82, 2.24) is 4.98 Å². The molecule has 0 saturated carbocycles. The minimum Gasteiger partial charge on any atom is -0.298 e. The Balaban J connectivity index is 2.97. The molecule has 0 aromatic carbocycles. The Morgan fingerprint density at radius 1 is 1.54 bits per heavy atom. The van der Waals surface area contributed by atoms with Gasteiger partial charge in [0.05, 0.1) is 5.69 Å². The molecule has 68 valence electrons. The molecule has 1 aromatic rings. The van der Waals surface area contributed by atoms with Crippen LogP contribution in [0, 0.1) is 0 Å². The molecule has 1 aromatic heterocycles. The van der Waals surface area contributed by atoms with E-state index >= 15 is 0 Å². The molecule has 0 aliphatic rings. The molecule has 1 rings (SSSR count). The number of pyridine rings is 1. The van der Waals surface area contributed by atoms with Crippen molar-refractivity contribution in [3.63, 3.8) is 0 Å². The van der Waals surface area contributed by atoms with Gasteiger partial charge in [-0.3, -0.25) is 9.78 Å². The first kappa shape index (κ1) is 9.99. The number of aromatic nitrogens is 1. The minimum absolute atomic E-state index is 0.611. The van der Waals surface area contributed by atoms with Gasteiger partial charge >= 0.3 is 0 Å². The highest BCUT2D eigenvalue weighted by Crippen LogP contribution is 2.22. The van der Waals surface area contributed by atoms with E-state index in [0.717, 1.165) is 16.9 Å². The molecule has 0 saturated heterocycles. The molecule has 13 heavy (non-hydrogen) atoms. The highest BCUT2D eigenvalue weighted by Gasteiger charge is 1.99. The lowest BCUT2D eigenvalue weighted by Gasteiger charge is -2.01. The van der Waals surface area contributed by atoms with Gasteiger partial charge in [0.25, 0.3) is 0 Å². The van der Waals surface area contributed by atoms with Gasteiger partial charge in [-0.25, -0.2) is 0 Å². The summed E-state index contributed by atoms with van der Waals surface area (Å²) < 4.78 is 0. The summed E-state index contributed by atoms with van der Waals surface area (Å²) in [5.41, 5.74) is 1.53. The Morgan fingerprint density at radius 3 is 2.69 bits per heavy atom. The van der Waals surface area contributed by atoms with Crippen LogP contribution in [0.5, 0.6) is 0 Å². The zero-order valence-corrected chi connectivity index (χ0v) is 8.47. The molecule has 0 N–H and O–H groups in total. The summed E-state index contributed by atoms with van der Waals surface area (Å²) in [4.78, 5) is 15.7. The Labute approximate surface area is 82.1 Å². The van der Waals surface area contributed by atoms with E-state index in [-0.39, 0.29) is 0 Å². The Morgan fingerprint density at radius 2 is 2.31 bits per heavy atom. The quantitative estimate of drug-likeness (QED) is 0.691. The molecule has 0 bridgehead atoms. The van der Waals surface area contributed by atoms with Crippen LogP contribution in [-0.4, -0.2) is 17.5 Å². The second-order valence-corrected chi connectivity index (χ2v) is 3.30. The van der Waals surface area contributed by atoms with Crippen molar-refractivity contribution in [1.29, 1.82) is 0 Å². The van der Waals surface area contributed by atoms with Crippen LogP contribution < -0.4 is 0 Å². The van der Waals surface area contributed by atoms with Crippen molar-refractivity contribution in [3.05, 3.63) is 35.7 Å². The summed E-state index contributed by atoms with van der Waals surface area (Å²) >= 11 is 1.65. The van der Waals surface area contributed by atoms with Crippen LogP contribution in [0.2, 0.25) is 0 Å². The summed E-state index contributed by atoms with van der Waals surface area (Å²) in [5.74, 6) is 0. The van der Waals surface area contributed by atoms with Gasteiger partial charge in [0.15, 0.2) is 6.29 Å². The Bertz CT molecular complexity index is 316. The maximum absolute atomic E-state index is 10.4. The molecule has 0 amide bonds. The molecule has 3 heteroatoms. The van der Waals surface area contributed by atoms with Crippen molar-refractivity contribution >= 4 is 23.0 Å². The first-order valence-electron chi connectivity index (χ1n) is 3.93. The average molecular weight is 193 g/mol. The zero-order valence-electron chi connectivity index (χ0n) is 7.65. The van der Waals surface area contributed by atoms with Crippen molar-refractivity contribution in [3.8, 4) is 0 Å². The Hall–Kier alpha value is -1.09. The van der Waals surface area contributed by atoms with E-state index in [1.54, 1.807) is 24.0 Å². The SMILES string of the molecule is CC=C(SC)c1ccc(C=O)cn1. The highest BCUT2D eigenvalue weighted by molar-refractivity contribution is 8.07. The number of carbonyl (C=O) groups is 1. The van der Waals surface area contributed by atoms with Gasteiger partial charge in [-0.2, -0.15) is 0 Å². The number of hydrogen-bond donors (Lipinski definition) is 0. The minimum atomic E-state index is 0.611. The molecule has 0 atom stereocenters. The summed E-state index contributed by atoms with van der Waals surface area (Å²) in [6.45, 7) is 1.97. The van der Waals surface area contributed by atoms with Crippen LogP contribution in [0.4, 0.5) is 0 Å². The number of nitrogens with zero attached hydrogens (tertiary/aromatic N) is 1. The lowest BCUT2D eigenvalue weighted by molar-refractivity contribution is 0.112. The number of hydrogen-bond acceptors (Lipinski definition) is 3. The largest absolute Gasteiger partial charge is 0.298 e. The fourth-order valence-electron chi connectivity index (χ4n) is 0.991. The summed E-state index contributed by atoms with van der Waals surface area (Å²) in [6, 6.07) is 3.63. The first-order chi connectivity index (χ1) is 6.31. The molecule has 0 radical (unpaired) electrons. The summed E-state index contributed by atoms with van der Waals surface area (Å²) in [6.07, 6.45) is 6.39. The van der Waals surface area contributed by atoms with Crippen LogP contribution in [0.1, 0.15) is 23.0 Å². The predicted molar refractivity (Wildman–Crippen MR) is 56.8 cm³/mol. The fraction of sp³-hybridized carbons (Fsp3) is 0.200. The molecular weight excluding hydrogens is 182 g/mol. The molecule has 0 fully saturated rings. The lowest BCUT2D eigenvalue weighted by Crippen LogP contribution is -1.87. The van der Waals surface area contributed by atoms with Gasteiger partial charge in [-0.15, -0.1) is 11.8 Å². The van der Waals surface area contributed by atoms with E-state index < -0.39 is 0 Å². The average Bonchev–Trinajstić information content (AvgIpc) is 2.21. The van der Waals surface area contributed by atoms with Crippen LogP contribution in [0.15, 0.2) is 24.4 Å². The molecule has 2 nitrogen and oxygen atoms in total. The van der Waals surface area contributed by atoms with Crippen molar-refractivity contribution in [2.45, 2.75) is 6.92 Å². The van der Waals surface area contributed by atoms with Crippen LogP contribution in [0.25, 0.3) is 4.91 Å². The van der Waals surface area contributed by atoms with Crippen LogP contribution in [-0.2, 0) is 0 Å². The van der Waals surface area contributed by atoms with Gasteiger partial charge in [0.1, 0.15) is 0 Å². The number of thioether (sulfide) groups is 1. The normalized spacial score (nSPS) is 11.4. The van der Waals surface area contributed by atoms with Gasteiger partial charge in [0.2, 0.25) is 0 Å². The second-order valence-electron chi connectivity index (χ2n) is 2.45. The molecule has 0 aliphatic heterocycles. The maximum atomic E-state index is 10.4. The van der Waals surface area contributed by atoms with E-state index in [0.29, 0.717) is 5.56 Å². The smallest absolute Gasteiger partial charge is 0.151 e. The zero-order chi connectivity index (χ0) is 9.68. The van der Waals surface area contributed by atoms with E-state index in [9.17, 15) is 4.79 Å². The van der Waals surface area contributed by atoms with Crippen LogP contribution in [0.3, 0.4) is 0 Å². The summed E-state index contributed by atoms with van der Waals surface area (Å²) in [7, 11) is 0. The lowest BCUT2D eigenvalue weighted by atomic mass is 10.2. The monoisotopic (exact) mass is 193 g/mol. The Kier molecular flexibility index (Phi) is 3.71. The number of rotatable bonds is 3. The number of aldehydes is 1. The fourth-order valence-corrected chi connectivity index (χ4v) is 1.56. The highest BCUT2D eigenvalue weighted by atomic mass is 32.2. The number of allylic oxidation sites excluding steroid dienone is 1. The molecule has 0 unspecified atom stereocenters. The molecule has 0 aliphatic carbocycles. The maximum Gasteiger partial charge on any atom is 0.151 e. The third kappa shape index (κ3) is 2.42. The molecule has 1 heterocycles. The van der Waals surface area contributed by atoms with Crippen molar-refractivity contribution in [2.75, 3.05) is 6.26 Å².